The molecule has 0 atom stereocenters. The van der Waals surface area contributed by atoms with Gasteiger partial charge in [0.05, 0.1) is 15.5 Å². The van der Waals surface area contributed by atoms with Crippen LogP contribution in [0.15, 0.2) is 30.9 Å². The SMILES string of the molecule is Cc1cc2c(-n3cc(I)cn3)nccn2n1. The first-order valence-electron chi connectivity index (χ1n) is 4.75. The van der Waals surface area contributed by atoms with Crippen LogP contribution in [0.25, 0.3) is 11.3 Å². The molecule has 0 amide bonds. The summed E-state index contributed by atoms with van der Waals surface area (Å²) in [6, 6.07) is 2.00. The molecule has 16 heavy (non-hydrogen) atoms. The van der Waals surface area contributed by atoms with E-state index >= 15 is 0 Å². The van der Waals surface area contributed by atoms with E-state index < -0.39 is 0 Å². The van der Waals surface area contributed by atoms with Crippen molar-refractivity contribution in [3.8, 4) is 5.82 Å². The average molecular weight is 325 g/mol. The van der Waals surface area contributed by atoms with Crippen molar-refractivity contribution in [2.75, 3.05) is 0 Å². The quantitative estimate of drug-likeness (QED) is 0.642. The number of halogens is 1. The van der Waals surface area contributed by atoms with Gasteiger partial charge in [0.1, 0.15) is 5.52 Å². The number of fused-ring (bicyclic) bond motifs is 1. The minimum absolute atomic E-state index is 0.797. The molecule has 0 aliphatic rings. The van der Waals surface area contributed by atoms with Gasteiger partial charge < -0.3 is 0 Å². The van der Waals surface area contributed by atoms with Crippen molar-refractivity contribution in [1.82, 2.24) is 24.4 Å². The van der Waals surface area contributed by atoms with E-state index in [1.807, 2.05) is 29.9 Å². The van der Waals surface area contributed by atoms with Crippen molar-refractivity contribution < 1.29 is 0 Å². The number of hydrogen-bond donors (Lipinski definition) is 0. The number of aryl methyl sites for hydroxylation is 1. The standard InChI is InChI=1S/C10H8IN5/c1-7-4-9-10(12-2-3-15(9)14-7)16-6-8(11)5-13-16/h2-6H,1H3. The maximum absolute atomic E-state index is 4.34. The molecule has 3 heterocycles. The Morgan fingerprint density at radius 2 is 2.25 bits per heavy atom. The largest absolute Gasteiger partial charge is 0.235 e. The van der Waals surface area contributed by atoms with Gasteiger partial charge in [0.2, 0.25) is 0 Å². The molecule has 0 aliphatic heterocycles. The Hall–Kier alpha value is -1.44. The van der Waals surface area contributed by atoms with Crippen LogP contribution in [0.4, 0.5) is 0 Å². The van der Waals surface area contributed by atoms with Gasteiger partial charge in [0.15, 0.2) is 5.82 Å². The topological polar surface area (TPSA) is 48.0 Å². The fourth-order valence-electron chi connectivity index (χ4n) is 1.62. The molecule has 0 spiro atoms. The lowest BCUT2D eigenvalue weighted by atomic mass is 10.4. The van der Waals surface area contributed by atoms with Crippen molar-refractivity contribution in [1.29, 1.82) is 0 Å². The van der Waals surface area contributed by atoms with Gasteiger partial charge >= 0.3 is 0 Å². The highest BCUT2D eigenvalue weighted by molar-refractivity contribution is 14.1. The van der Waals surface area contributed by atoms with Gasteiger partial charge in [-0.25, -0.2) is 14.2 Å². The molecule has 0 saturated carbocycles. The number of rotatable bonds is 1. The van der Waals surface area contributed by atoms with Crippen LogP contribution < -0.4 is 0 Å². The minimum atomic E-state index is 0.797. The lowest BCUT2D eigenvalue weighted by Crippen LogP contribution is -2.01. The van der Waals surface area contributed by atoms with E-state index in [2.05, 4.69) is 37.8 Å². The van der Waals surface area contributed by atoms with Gasteiger partial charge in [-0.05, 0) is 35.6 Å². The van der Waals surface area contributed by atoms with E-state index in [1.54, 1.807) is 17.1 Å². The summed E-state index contributed by atoms with van der Waals surface area (Å²) in [6.07, 6.45) is 7.30. The van der Waals surface area contributed by atoms with Crippen molar-refractivity contribution >= 4 is 28.1 Å². The molecule has 0 aliphatic carbocycles. The van der Waals surface area contributed by atoms with E-state index in [4.69, 9.17) is 0 Å². The number of aromatic nitrogens is 5. The second-order valence-corrected chi connectivity index (χ2v) is 4.72. The molecule has 5 nitrogen and oxygen atoms in total. The maximum atomic E-state index is 4.34. The second-order valence-electron chi connectivity index (χ2n) is 3.47. The van der Waals surface area contributed by atoms with Gasteiger partial charge in [-0.15, -0.1) is 0 Å². The molecule has 3 aromatic rings. The molecular formula is C10H8IN5. The normalized spacial score (nSPS) is 11.1. The Morgan fingerprint density at radius 1 is 1.38 bits per heavy atom. The molecule has 0 radical (unpaired) electrons. The predicted molar refractivity (Wildman–Crippen MR) is 67.6 cm³/mol. The minimum Gasteiger partial charge on any atom is -0.235 e. The summed E-state index contributed by atoms with van der Waals surface area (Å²) in [7, 11) is 0. The van der Waals surface area contributed by atoms with E-state index in [0.717, 1.165) is 20.6 Å². The molecule has 3 rings (SSSR count). The van der Waals surface area contributed by atoms with Crippen molar-refractivity contribution in [2.45, 2.75) is 6.92 Å². The highest BCUT2D eigenvalue weighted by atomic mass is 127. The summed E-state index contributed by atoms with van der Waals surface area (Å²) < 4.78 is 4.65. The van der Waals surface area contributed by atoms with Crippen LogP contribution in [0.2, 0.25) is 0 Å². The molecule has 3 aromatic heterocycles. The summed E-state index contributed by atoms with van der Waals surface area (Å²) in [5, 5.41) is 8.59. The van der Waals surface area contributed by atoms with Crippen LogP contribution in [0, 0.1) is 10.5 Å². The van der Waals surface area contributed by atoms with Crippen LogP contribution in [-0.2, 0) is 0 Å². The lowest BCUT2D eigenvalue weighted by Gasteiger charge is -2.01. The first-order chi connectivity index (χ1) is 7.74. The second kappa shape index (κ2) is 3.55. The Morgan fingerprint density at radius 3 is 3.00 bits per heavy atom. The Kier molecular flexibility index (Phi) is 2.16. The molecule has 0 unspecified atom stereocenters. The molecule has 0 aromatic carbocycles. The van der Waals surface area contributed by atoms with Crippen LogP contribution in [0.3, 0.4) is 0 Å². The third-order valence-electron chi connectivity index (χ3n) is 2.26. The zero-order valence-electron chi connectivity index (χ0n) is 8.50. The summed E-state index contributed by atoms with van der Waals surface area (Å²) in [6.45, 7) is 1.96. The molecule has 0 saturated heterocycles. The van der Waals surface area contributed by atoms with Crippen LogP contribution in [-0.4, -0.2) is 24.4 Å². The van der Waals surface area contributed by atoms with Gasteiger partial charge in [0.25, 0.3) is 0 Å². The van der Waals surface area contributed by atoms with Gasteiger partial charge in [-0.1, -0.05) is 0 Å². The summed E-state index contributed by atoms with van der Waals surface area (Å²) in [5.74, 6) is 0.797. The average Bonchev–Trinajstić information content (AvgIpc) is 2.82. The summed E-state index contributed by atoms with van der Waals surface area (Å²) >= 11 is 2.22. The highest BCUT2D eigenvalue weighted by Gasteiger charge is 2.07. The number of nitrogens with zero attached hydrogens (tertiary/aromatic N) is 5. The van der Waals surface area contributed by atoms with E-state index in [9.17, 15) is 0 Å². The molecule has 6 heteroatoms. The van der Waals surface area contributed by atoms with Gasteiger partial charge in [-0.2, -0.15) is 10.2 Å². The van der Waals surface area contributed by atoms with Gasteiger partial charge in [0, 0.05) is 18.6 Å². The van der Waals surface area contributed by atoms with E-state index in [1.165, 1.54) is 0 Å². The smallest absolute Gasteiger partial charge is 0.179 e. The monoisotopic (exact) mass is 325 g/mol. The third kappa shape index (κ3) is 1.49. The van der Waals surface area contributed by atoms with Gasteiger partial charge in [-0.3, -0.25) is 0 Å². The van der Waals surface area contributed by atoms with Crippen molar-refractivity contribution in [3.05, 3.63) is 40.1 Å². The molecule has 0 N–H and O–H groups in total. The summed E-state index contributed by atoms with van der Waals surface area (Å²) in [5.41, 5.74) is 1.93. The zero-order valence-corrected chi connectivity index (χ0v) is 10.7. The molecule has 80 valence electrons. The fourth-order valence-corrected chi connectivity index (χ4v) is 2.01. The maximum Gasteiger partial charge on any atom is 0.179 e. The zero-order chi connectivity index (χ0) is 11.1. The van der Waals surface area contributed by atoms with Crippen LogP contribution >= 0.6 is 22.6 Å². The lowest BCUT2D eigenvalue weighted by molar-refractivity contribution is 0.830. The van der Waals surface area contributed by atoms with Crippen LogP contribution in [0.1, 0.15) is 5.69 Å². The Balaban J connectivity index is 2.30. The van der Waals surface area contributed by atoms with Crippen molar-refractivity contribution in [3.63, 3.8) is 0 Å². The molecule has 0 bridgehead atoms. The fraction of sp³-hybridized carbons (Fsp3) is 0.100. The molecule has 0 fully saturated rings. The molecular weight excluding hydrogens is 317 g/mol. The van der Waals surface area contributed by atoms with E-state index in [0.29, 0.717) is 0 Å². The first kappa shape index (κ1) is 9.76. The highest BCUT2D eigenvalue weighted by Crippen LogP contribution is 2.14. The third-order valence-corrected chi connectivity index (χ3v) is 2.82. The Labute approximate surface area is 105 Å². The van der Waals surface area contributed by atoms with Crippen LogP contribution in [0.5, 0.6) is 0 Å². The predicted octanol–water partition coefficient (Wildman–Crippen LogP) is 1.83. The van der Waals surface area contributed by atoms with E-state index in [-0.39, 0.29) is 0 Å². The summed E-state index contributed by atoms with van der Waals surface area (Å²) in [4.78, 5) is 4.34. The van der Waals surface area contributed by atoms with Crippen molar-refractivity contribution in [2.24, 2.45) is 0 Å². The number of hydrogen-bond acceptors (Lipinski definition) is 3. The first-order valence-corrected chi connectivity index (χ1v) is 5.83. The Bertz CT molecular complexity index is 654.